The van der Waals surface area contributed by atoms with Crippen molar-refractivity contribution in [2.45, 2.75) is 13.1 Å². The second-order valence-corrected chi connectivity index (χ2v) is 7.90. The maximum atomic E-state index is 13.1. The number of fused-ring (bicyclic) bond motifs is 3. The van der Waals surface area contributed by atoms with E-state index in [0.29, 0.717) is 53.9 Å². The molecule has 34 heavy (non-hydrogen) atoms. The quantitative estimate of drug-likeness (QED) is 0.510. The lowest BCUT2D eigenvalue weighted by molar-refractivity contribution is 0.0861. The average Bonchev–Trinajstić information content (AvgIpc) is 3.19. The van der Waals surface area contributed by atoms with Crippen LogP contribution in [0.5, 0.6) is 28.7 Å². The molecule has 2 aliphatic heterocycles. The van der Waals surface area contributed by atoms with Crippen LogP contribution in [-0.2, 0) is 13.1 Å². The van der Waals surface area contributed by atoms with Gasteiger partial charge in [0.1, 0.15) is 18.2 Å². The van der Waals surface area contributed by atoms with Gasteiger partial charge in [0.05, 0.1) is 38.2 Å². The molecule has 1 aromatic heterocycles. The zero-order chi connectivity index (χ0) is 23.7. The van der Waals surface area contributed by atoms with E-state index in [4.69, 9.17) is 23.7 Å². The lowest BCUT2D eigenvalue weighted by atomic mass is 10.0. The van der Waals surface area contributed by atoms with Crippen LogP contribution in [0.2, 0.25) is 0 Å². The highest BCUT2D eigenvalue weighted by molar-refractivity contribution is 6.15. The van der Waals surface area contributed by atoms with Crippen molar-refractivity contribution >= 4 is 11.9 Å². The monoisotopic (exact) mass is 460 g/mol. The Morgan fingerprint density at radius 3 is 2.53 bits per heavy atom. The highest BCUT2D eigenvalue weighted by Crippen LogP contribution is 2.43. The number of nitrogens with zero attached hydrogens (tertiary/aromatic N) is 2. The number of hydrogen-bond donors (Lipinski definition) is 0. The lowest BCUT2D eigenvalue weighted by Gasteiger charge is -2.29. The van der Waals surface area contributed by atoms with Gasteiger partial charge in [-0.05, 0) is 48.0 Å². The first kappa shape index (κ1) is 21.8. The molecule has 0 fully saturated rings. The molecule has 2 aliphatic rings. The number of aromatic nitrogens is 1. The van der Waals surface area contributed by atoms with Crippen LogP contribution in [0.4, 0.5) is 0 Å². The molecule has 0 saturated heterocycles. The van der Waals surface area contributed by atoms with Gasteiger partial charge in [-0.15, -0.1) is 0 Å². The van der Waals surface area contributed by atoms with Crippen LogP contribution in [0.15, 0.2) is 54.4 Å². The first-order valence-corrected chi connectivity index (χ1v) is 10.8. The van der Waals surface area contributed by atoms with Crippen molar-refractivity contribution < 1.29 is 28.5 Å². The maximum absolute atomic E-state index is 13.1. The number of rotatable bonds is 6. The number of pyridine rings is 1. The van der Waals surface area contributed by atoms with Gasteiger partial charge in [0.15, 0.2) is 17.3 Å². The van der Waals surface area contributed by atoms with E-state index in [1.165, 1.54) is 0 Å². The molecule has 3 heterocycles. The van der Waals surface area contributed by atoms with Gasteiger partial charge in [0, 0.05) is 19.3 Å². The summed E-state index contributed by atoms with van der Waals surface area (Å²) in [5.74, 6) is 2.76. The van der Waals surface area contributed by atoms with Crippen molar-refractivity contribution in [3.8, 4) is 28.7 Å². The average molecular weight is 460 g/mol. The van der Waals surface area contributed by atoms with Gasteiger partial charge in [-0.2, -0.15) is 0 Å². The molecule has 0 amide bonds. The molecule has 0 spiro atoms. The maximum Gasteiger partial charge on any atom is 0.231 e. The fourth-order valence-electron chi connectivity index (χ4n) is 4.16. The Bertz CT molecular complexity index is 1250. The van der Waals surface area contributed by atoms with Gasteiger partial charge in [-0.25, -0.2) is 0 Å². The van der Waals surface area contributed by atoms with Crippen LogP contribution in [0.1, 0.15) is 27.2 Å². The van der Waals surface area contributed by atoms with Crippen LogP contribution in [0.25, 0.3) is 6.08 Å². The van der Waals surface area contributed by atoms with Crippen molar-refractivity contribution in [2.24, 2.45) is 0 Å². The normalized spacial score (nSPS) is 15.9. The molecule has 0 aliphatic carbocycles. The molecule has 3 aromatic rings. The van der Waals surface area contributed by atoms with Crippen LogP contribution >= 0.6 is 0 Å². The molecule has 0 saturated carbocycles. The number of Topliss-reactive ketones (excluding diaryl/α,β-unsaturated/α-hetero) is 1. The zero-order valence-corrected chi connectivity index (χ0v) is 19.2. The highest BCUT2D eigenvalue weighted by Gasteiger charge is 2.33. The predicted molar refractivity (Wildman–Crippen MR) is 124 cm³/mol. The number of hydrogen-bond acceptors (Lipinski definition) is 8. The first-order valence-electron chi connectivity index (χ1n) is 10.8. The zero-order valence-electron chi connectivity index (χ0n) is 19.2. The van der Waals surface area contributed by atoms with E-state index in [1.54, 1.807) is 51.8 Å². The number of ether oxygens (including phenoxy) is 5. The second-order valence-electron chi connectivity index (χ2n) is 7.90. The molecule has 0 bridgehead atoms. The lowest BCUT2D eigenvalue weighted by Crippen LogP contribution is -2.32. The van der Waals surface area contributed by atoms with E-state index >= 15 is 0 Å². The van der Waals surface area contributed by atoms with Gasteiger partial charge in [-0.1, -0.05) is 6.07 Å². The minimum Gasteiger partial charge on any atom is -0.493 e. The van der Waals surface area contributed by atoms with E-state index in [9.17, 15) is 4.79 Å². The van der Waals surface area contributed by atoms with Gasteiger partial charge >= 0.3 is 0 Å². The minimum absolute atomic E-state index is 0.187. The third kappa shape index (κ3) is 3.92. The van der Waals surface area contributed by atoms with Crippen molar-refractivity contribution in [2.75, 3.05) is 28.1 Å². The van der Waals surface area contributed by atoms with E-state index in [0.717, 1.165) is 17.0 Å². The van der Waals surface area contributed by atoms with Gasteiger partial charge in [0.2, 0.25) is 11.5 Å². The predicted octanol–water partition coefficient (Wildman–Crippen LogP) is 4.08. The van der Waals surface area contributed by atoms with E-state index in [-0.39, 0.29) is 11.5 Å². The van der Waals surface area contributed by atoms with Gasteiger partial charge in [0.25, 0.3) is 0 Å². The van der Waals surface area contributed by atoms with E-state index in [2.05, 4.69) is 9.88 Å². The highest BCUT2D eigenvalue weighted by atomic mass is 16.5. The van der Waals surface area contributed by atoms with Crippen molar-refractivity contribution in [3.05, 3.63) is 76.8 Å². The van der Waals surface area contributed by atoms with Crippen LogP contribution in [0, 0.1) is 0 Å². The molecule has 5 rings (SSSR count). The summed E-state index contributed by atoms with van der Waals surface area (Å²) in [7, 11) is 4.63. The summed E-state index contributed by atoms with van der Waals surface area (Å²) < 4.78 is 28.3. The summed E-state index contributed by atoms with van der Waals surface area (Å²) in [5.41, 5.74) is 3.00. The molecule has 0 radical (unpaired) electrons. The molecular weight excluding hydrogens is 436 g/mol. The van der Waals surface area contributed by atoms with Crippen LogP contribution in [-0.4, -0.2) is 43.7 Å². The number of allylic oxidation sites excluding steroid dienone is 1. The standard InChI is InChI=1S/C26H24N2O6/c1-30-22-11-16(12-23(31-2)26(22)32-3)10-21-24(29)18-7-8-20-19(25(18)34-21)14-28(15-33-20)13-17-6-4-5-9-27-17/h4-12H,13-15H2,1-3H3. The van der Waals surface area contributed by atoms with Gasteiger partial charge < -0.3 is 23.7 Å². The molecule has 0 N–H and O–H groups in total. The topological polar surface area (TPSA) is 79.4 Å². The molecule has 0 unspecified atom stereocenters. The van der Waals surface area contributed by atoms with E-state index < -0.39 is 0 Å². The Balaban J connectivity index is 1.45. The number of carbonyl (C=O) groups excluding carboxylic acids is 1. The van der Waals surface area contributed by atoms with Crippen LogP contribution in [0.3, 0.4) is 0 Å². The molecule has 174 valence electrons. The number of methoxy groups -OCH3 is 3. The molecule has 0 atom stereocenters. The Kier molecular flexibility index (Phi) is 5.81. The fourth-order valence-corrected chi connectivity index (χ4v) is 4.16. The van der Waals surface area contributed by atoms with E-state index in [1.807, 2.05) is 24.3 Å². The molecule has 8 nitrogen and oxygen atoms in total. The number of ketones is 1. The summed E-state index contributed by atoms with van der Waals surface area (Å²) in [5, 5.41) is 0. The third-order valence-corrected chi connectivity index (χ3v) is 5.78. The van der Waals surface area contributed by atoms with Crippen molar-refractivity contribution in [1.82, 2.24) is 9.88 Å². The first-order chi connectivity index (χ1) is 16.6. The number of carbonyl (C=O) groups is 1. The summed E-state index contributed by atoms with van der Waals surface area (Å²) in [6, 6.07) is 12.9. The molecular formula is C26H24N2O6. The minimum atomic E-state index is -0.187. The Hall–Kier alpha value is -4.04. The summed E-state index contributed by atoms with van der Waals surface area (Å²) in [6.45, 7) is 1.65. The summed E-state index contributed by atoms with van der Waals surface area (Å²) >= 11 is 0. The van der Waals surface area contributed by atoms with Crippen molar-refractivity contribution in [1.29, 1.82) is 0 Å². The Morgan fingerprint density at radius 2 is 1.85 bits per heavy atom. The Morgan fingerprint density at radius 1 is 1.06 bits per heavy atom. The number of benzene rings is 2. The third-order valence-electron chi connectivity index (χ3n) is 5.78. The second kappa shape index (κ2) is 9.07. The Labute approximate surface area is 197 Å². The fraction of sp³-hybridized carbons (Fsp3) is 0.231. The SMILES string of the molecule is COc1cc(C=C2Oc3c(ccc4c3CN(Cc3ccccn3)CO4)C2=O)cc(OC)c1OC. The smallest absolute Gasteiger partial charge is 0.231 e. The van der Waals surface area contributed by atoms with Gasteiger partial charge in [-0.3, -0.25) is 14.7 Å². The van der Waals surface area contributed by atoms with Crippen LogP contribution < -0.4 is 23.7 Å². The summed E-state index contributed by atoms with van der Waals surface area (Å²) in [4.78, 5) is 19.6. The van der Waals surface area contributed by atoms with Crippen molar-refractivity contribution in [3.63, 3.8) is 0 Å². The molecule has 8 heteroatoms. The summed E-state index contributed by atoms with van der Waals surface area (Å²) in [6.07, 6.45) is 3.45. The molecule has 2 aromatic carbocycles. The largest absolute Gasteiger partial charge is 0.493 e.